The van der Waals surface area contributed by atoms with Crippen molar-refractivity contribution < 1.29 is 0 Å². The SMILES string of the molecule is Cc1ccc(-c2ccc3c(c2)c2ccccc2n3-c2ccc(-c3cccc([Si](c4ccccc4)(c4ccccc4)c4ccccc4)c3)c(-c3nc(-c4ccccc4)nc(-c4ccccc4)n3)c2)c(C)c1. The van der Waals surface area contributed by atoms with Crippen molar-refractivity contribution >= 4 is 50.6 Å². The Hall–Kier alpha value is -8.77. The van der Waals surface area contributed by atoms with Crippen LogP contribution >= 0.6 is 0 Å². The Morgan fingerprint density at radius 3 is 1.40 bits per heavy atom. The third-order valence-corrected chi connectivity index (χ3v) is 18.6. The first-order valence-corrected chi connectivity index (χ1v) is 25.9. The third-order valence-electron chi connectivity index (χ3n) is 13.8. The van der Waals surface area contributed by atoms with Gasteiger partial charge in [0.15, 0.2) is 25.5 Å². The van der Waals surface area contributed by atoms with E-state index in [4.69, 9.17) is 15.0 Å². The minimum Gasteiger partial charge on any atom is -0.309 e. The highest BCUT2D eigenvalue weighted by molar-refractivity contribution is 7.19. The van der Waals surface area contributed by atoms with Crippen molar-refractivity contribution in [3.05, 3.63) is 266 Å². The molecule has 0 saturated heterocycles. The summed E-state index contributed by atoms with van der Waals surface area (Å²) in [6, 6.07) is 92.3. The van der Waals surface area contributed by atoms with Crippen LogP contribution in [0.3, 0.4) is 0 Å². The van der Waals surface area contributed by atoms with E-state index in [1.807, 2.05) is 36.4 Å². The van der Waals surface area contributed by atoms with E-state index in [0.29, 0.717) is 17.5 Å². The quantitative estimate of drug-likeness (QED) is 0.101. The normalized spacial score (nSPS) is 11.6. The summed E-state index contributed by atoms with van der Waals surface area (Å²) in [5.74, 6) is 1.84. The van der Waals surface area contributed by atoms with Crippen LogP contribution in [0.4, 0.5) is 0 Å². The molecular weight excluding hydrogens is 865 g/mol. The highest BCUT2D eigenvalue weighted by atomic mass is 28.3. The van der Waals surface area contributed by atoms with E-state index in [2.05, 4.69) is 237 Å². The summed E-state index contributed by atoms with van der Waals surface area (Å²) < 4.78 is 2.40. The topological polar surface area (TPSA) is 43.6 Å². The number of aromatic nitrogens is 4. The molecule has 0 radical (unpaired) electrons. The molecule has 0 aliphatic heterocycles. The zero-order valence-corrected chi connectivity index (χ0v) is 40.0. The van der Waals surface area contributed by atoms with Gasteiger partial charge in [0.1, 0.15) is 0 Å². The zero-order chi connectivity index (χ0) is 47.0. The Kier molecular flexibility index (Phi) is 11.0. The number of nitrogens with zero attached hydrogens (tertiary/aromatic N) is 4. The second kappa shape index (κ2) is 18.0. The molecule has 0 atom stereocenters. The Morgan fingerprint density at radius 1 is 0.314 bits per heavy atom. The molecule has 12 aromatic rings. The molecular formula is C65H48N4Si. The van der Waals surface area contributed by atoms with Crippen LogP contribution in [0.5, 0.6) is 0 Å². The lowest BCUT2D eigenvalue weighted by molar-refractivity contribution is 1.07. The van der Waals surface area contributed by atoms with Gasteiger partial charge in [-0.05, 0) is 92.7 Å². The summed E-state index contributed by atoms with van der Waals surface area (Å²) in [5.41, 5.74) is 13.1. The van der Waals surface area contributed by atoms with E-state index in [-0.39, 0.29) is 0 Å². The van der Waals surface area contributed by atoms with Crippen LogP contribution in [0, 0.1) is 13.8 Å². The van der Waals surface area contributed by atoms with Gasteiger partial charge in [-0.1, -0.05) is 230 Å². The first kappa shape index (κ1) is 42.6. The maximum Gasteiger partial charge on any atom is 0.179 e. The molecule has 0 N–H and O–H groups in total. The van der Waals surface area contributed by atoms with E-state index in [0.717, 1.165) is 44.5 Å². The van der Waals surface area contributed by atoms with Gasteiger partial charge in [-0.15, -0.1) is 0 Å². The molecule has 2 heterocycles. The van der Waals surface area contributed by atoms with Crippen molar-refractivity contribution in [3.63, 3.8) is 0 Å². The molecule has 70 heavy (non-hydrogen) atoms. The van der Waals surface area contributed by atoms with E-state index in [1.54, 1.807) is 0 Å². The Balaban J connectivity index is 1.13. The highest BCUT2D eigenvalue weighted by Crippen LogP contribution is 2.39. The second-order valence-electron chi connectivity index (χ2n) is 18.1. The van der Waals surface area contributed by atoms with Gasteiger partial charge in [0.05, 0.1) is 11.0 Å². The summed E-state index contributed by atoms with van der Waals surface area (Å²) in [6.45, 7) is 4.36. The lowest BCUT2D eigenvalue weighted by atomic mass is 9.97. The van der Waals surface area contributed by atoms with Crippen LogP contribution in [0.25, 0.3) is 83.9 Å². The van der Waals surface area contributed by atoms with E-state index >= 15 is 0 Å². The van der Waals surface area contributed by atoms with E-state index in [9.17, 15) is 0 Å². The Morgan fingerprint density at radius 2 is 0.800 bits per heavy atom. The summed E-state index contributed by atoms with van der Waals surface area (Å²) >= 11 is 0. The zero-order valence-electron chi connectivity index (χ0n) is 39.0. The fourth-order valence-corrected chi connectivity index (χ4v) is 15.4. The van der Waals surface area contributed by atoms with Gasteiger partial charge in [0.2, 0.25) is 0 Å². The minimum atomic E-state index is -2.86. The largest absolute Gasteiger partial charge is 0.309 e. The van der Waals surface area contributed by atoms with Gasteiger partial charge in [-0.3, -0.25) is 0 Å². The maximum atomic E-state index is 5.38. The fraction of sp³-hybridized carbons (Fsp3) is 0.0308. The van der Waals surface area contributed by atoms with Crippen LogP contribution in [0.15, 0.2) is 255 Å². The molecule has 0 aliphatic carbocycles. The summed E-state index contributed by atoms with van der Waals surface area (Å²) in [7, 11) is -2.86. The summed E-state index contributed by atoms with van der Waals surface area (Å²) in [4.78, 5) is 15.9. The first-order chi connectivity index (χ1) is 34.5. The molecule has 2 aromatic heterocycles. The number of rotatable bonds is 10. The van der Waals surface area contributed by atoms with Gasteiger partial charge < -0.3 is 4.57 Å². The third kappa shape index (κ3) is 7.54. The number of fused-ring (bicyclic) bond motifs is 3. The fourth-order valence-electron chi connectivity index (χ4n) is 10.6. The second-order valence-corrected chi connectivity index (χ2v) is 21.9. The molecule has 0 bridgehead atoms. The van der Waals surface area contributed by atoms with Gasteiger partial charge in [0.25, 0.3) is 0 Å². The van der Waals surface area contributed by atoms with Gasteiger partial charge in [0, 0.05) is 33.2 Å². The lowest BCUT2D eigenvalue weighted by Gasteiger charge is -2.34. The molecule has 0 amide bonds. The number of aryl methyl sites for hydroxylation is 2. The van der Waals surface area contributed by atoms with Crippen molar-refractivity contribution in [2.24, 2.45) is 0 Å². The van der Waals surface area contributed by atoms with Crippen molar-refractivity contribution in [1.29, 1.82) is 0 Å². The summed E-state index contributed by atoms with van der Waals surface area (Å²) in [6.07, 6.45) is 0. The van der Waals surface area contributed by atoms with E-state index in [1.165, 1.54) is 53.8 Å². The minimum absolute atomic E-state index is 0.602. The van der Waals surface area contributed by atoms with Crippen molar-refractivity contribution in [3.8, 4) is 62.1 Å². The number of para-hydroxylation sites is 1. The van der Waals surface area contributed by atoms with E-state index < -0.39 is 8.07 Å². The van der Waals surface area contributed by atoms with Crippen molar-refractivity contribution in [2.45, 2.75) is 13.8 Å². The monoisotopic (exact) mass is 912 g/mol. The van der Waals surface area contributed by atoms with Crippen LogP contribution in [-0.2, 0) is 0 Å². The average molecular weight is 913 g/mol. The molecule has 0 unspecified atom stereocenters. The number of benzene rings is 10. The maximum absolute atomic E-state index is 5.38. The molecule has 332 valence electrons. The predicted octanol–water partition coefficient (Wildman–Crippen LogP) is 13.3. The van der Waals surface area contributed by atoms with Crippen LogP contribution in [0.2, 0.25) is 0 Å². The number of hydrogen-bond donors (Lipinski definition) is 0. The molecule has 4 nitrogen and oxygen atoms in total. The smallest absolute Gasteiger partial charge is 0.179 e. The molecule has 0 saturated carbocycles. The first-order valence-electron chi connectivity index (χ1n) is 23.9. The van der Waals surface area contributed by atoms with Crippen LogP contribution in [0.1, 0.15) is 11.1 Å². The summed E-state index contributed by atoms with van der Waals surface area (Å²) in [5, 5.41) is 7.66. The Labute approximate surface area is 409 Å². The average Bonchev–Trinajstić information content (AvgIpc) is 3.76. The molecule has 0 aliphatic rings. The molecule has 0 fully saturated rings. The molecule has 0 spiro atoms. The number of hydrogen-bond acceptors (Lipinski definition) is 3. The van der Waals surface area contributed by atoms with Gasteiger partial charge in [-0.2, -0.15) is 0 Å². The van der Waals surface area contributed by atoms with Crippen LogP contribution in [-0.4, -0.2) is 27.6 Å². The molecule has 10 aromatic carbocycles. The van der Waals surface area contributed by atoms with Gasteiger partial charge in [-0.25, -0.2) is 15.0 Å². The van der Waals surface area contributed by atoms with Gasteiger partial charge >= 0.3 is 0 Å². The Bertz CT molecular complexity index is 3680. The standard InChI is InChI=1S/C65H48N4Si/c1-45-35-38-56(46(2)41-45)50-36-40-62-59(43-50)58-33-18-19-34-61(58)69(62)51-37-39-57(60(44-51)65-67-63(47-21-8-3-9-22-47)66-64(68-65)48-23-10-4-11-24-48)49-25-20-32-55(42-49)70(52-26-12-5-13-27-52,53-28-14-6-15-29-53)54-30-16-7-17-31-54/h3-44H,1-2H3. The molecule has 5 heteroatoms. The van der Waals surface area contributed by atoms with Crippen LogP contribution < -0.4 is 20.7 Å². The molecule has 12 rings (SSSR count). The van der Waals surface area contributed by atoms with Crippen molar-refractivity contribution in [2.75, 3.05) is 0 Å². The lowest BCUT2D eigenvalue weighted by Crippen LogP contribution is -2.74. The van der Waals surface area contributed by atoms with Crippen molar-refractivity contribution in [1.82, 2.24) is 19.5 Å². The predicted molar refractivity (Wildman–Crippen MR) is 294 cm³/mol. The highest BCUT2D eigenvalue weighted by Gasteiger charge is 2.41.